The molecule has 1 heterocycles. The summed E-state index contributed by atoms with van der Waals surface area (Å²) in [5.74, 6) is 0.193. The average Bonchev–Trinajstić information content (AvgIpc) is 2.87. The fourth-order valence-electron chi connectivity index (χ4n) is 2.58. The lowest BCUT2D eigenvalue weighted by atomic mass is 9.98. The smallest absolute Gasteiger partial charge is 0.242 e. The van der Waals surface area contributed by atoms with Crippen LogP contribution in [0.4, 0.5) is 0 Å². The molecule has 0 saturated carbocycles. The normalized spacial score (nSPS) is 22.5. The van der Waals surface area contributed by atoms with Crippen molar-refractivity contribution in [1.29, 1.82) is 0 Å². The number of nitrogens with zero attached hydrogens (tertiary/aromatic N) is 1. The van der Waals surface area contributed by atoms with Crippen LogP contribution in [0.15, 0.2) is 29.2 Å². The lowest BCUT2D eigenvalue weighted by molar-refractivity contribution is -0.136. The van der Waals surface area contributed by atoms with Crippen molar-refractivity contribution < 1.29 is 4.79 Å². The molecule has 1 aliphatic rings. The molecule has 1 saturated heterocycles. The average molecular weight is 278 g/mol. The van der Waals surface area contributed by atoms with Crippen LogP contribution in [0.5, 0.6) is 0 Å². The number of likely N-dealkylation sites (N-methyl/N-ethyl adjacent to an activating group) is 1. The summed E-state index contributed by atoms with van der Waals surface area (Å²) in [7, 11) is 1.88. The van der Waals surface area contributed by atoms with Crippen molar-refractivity contribution >= 4 is 17.7 Å². The molecule has 1 aromatic carbocycles. The molecule has 4 heteroatoms. The molecule has 3 nitrogen and oxygen atoms in total. The third-order valence-corrected chi connectivity index (χ3v) is 4.51. The molecule has 2 rings (SSSR count). The van der Waals surface area contributed by atoms with Crippen LogP contribution in [0.1, 0.15) is 25.3 Å². The maximum absolute atomic E-state index is 12.5. The summed E-state index contributed by atoms with van der Waals surface area (Å²) in [6.07, 6.45) is 4.08. The van der Waals surface area contributed by atoms with E-state index in [9.17, 15) is 4.79 Å². The molecule has 1 amide bonds. The van der Waals surface area contributed by atoms with E-state index in [2.05, 4.69) is 35.8 Å². The molecular weight excluding hydrogens is 256 g/mol. The maximum Gasteiger partial charge on any atom is 0.242 e. The minimum atomic E-state index is -0.367. The molecular formula is C15H22N2OS. The Hall–Kier alpha value is -1.00. The summed E-state index contributed by atoms with van der Waals surface area (Å²) < 4.78 is 0. The number of rotatable bonds is 4. The van der Waals surface area contributed by atoms with Gasteiger partial charge in [0.15, 0.2) is 0 Å². The Kier molecular flexibility index (Phi) is 4.53. The van der Waals surface area contributed by atoms with E-state index < -0.39 is 0 Å². The molecule has 1 fully saturated rings. The number of carbonyl (C=O) groups excluding carboxylic acids is 1. The summed E-state index contributed by atoms with van der Waals surface area (Å²) in [6, 6.07) is 8.40. The maximum atomic E-state index is 12.5. The van der Waals surface area contributed by atoms with Gasteiger partial charge >= 0.3 is 0 Å². The third kappa shape index (κ3) is 3.31. The first-order valence-electron chi connectivity index (χ1n) is 6.69. The Morgan fingerprint density at radius 3 is 2.63 bits per heavy atom. The lowest BCUT2D eigenvalue weighted by Gasteiger charge is -2.29. The van der Waals surface area contributed by atoms with Gasteiger partial charge in [0, 0.05) is 18.5 Å². The first-order chi connectivity index (χ1) is 9.05. The second-order valence-electron chi connectivity index (χ2n) is 5.37. The van der Waals surface area contributed by atoms with Crippen molar-refractivity contribution in [2.75, 3.05) is 19.8 Å². The van der Waals surface area contributed by atoms with Gasteiger partial charge in [-0.3, -0.25) is 4.79 Å². The highest BCUT2D eigenvalue weighted by atomic mass is 32.2. The van der Waals surface area contributed by atoms with Crippen LogP contribution in [-0.2, 0) is 11.3 Å². The molecule has 19 heavy (non-hydrogen) atoms. The van der Waals surface area contributed by atoms with Crippen molar-refractivity contribution in [2.45, 2.75) is 36.7 Å². The summed E-state index contributed by atoms with van der Waals surface area (Å²) in [4.78, 5) is 15.5. The van der Waals surface area contributed by atoms with E-state index in [0.29, 0.717) is 6.54 Å². The van der Waals surface area contributed by atoms with Gasteiger partial charge in [-0.25, -0.2) is 0 Å². The van der Waals surface area contributed by atoms with Crippen LogP contribution in [0, 0.1) is 0 Å². The number of hydrogen-bond acceptors (Lipinski definition) is 3. The van der Waals surface area contributed by atoms with Crippen molar-refractivity contribution in [3.05, 3.63) is 29.8 Å². The van der Waals surface area contributed by atoms with Gasteiger partial charge in [-0.2, -0.15) is 0 Å². The minimum Gasteiger partial charge on any atom is -0.340 e. The van der Waals surface area contributed by atoms with E-state index in [-0.39, 0.29) is 11.4 Å². The van der Waals surface area contributed by atoms with E-state index in [1.807, 2.05) is 18.9 Å². The van der Waals surface area contributed by atoms with Gasteiger partial charge in [0.05, 0.1) is 5.54 Å². The van der Waals surface area contributed by atoms with E-state index in [4.69, 9.17) is 0 Å². The van der Waals surface area contributed by atoms with Crippen LogP contribution in [0.25, 0.3) is 0 Å². The summed E-state index contributed by atoms with van der Waals surface area (Å²) in [5, 5.41) is 3.32. The van der Waals surface area contributed by atoms with Gasteiger partial charge in [0.1, 0.15) is 0 Å². The standard InChI is InChI=1S/C15H22N2OS/c1-15(9-4-10-16-15)14(18)17(2)11-12-5-7-13(19-3)8-6-12/h5-8,16H,4,9-11H2,1-3H3. The fourth-order valence-corrected chi connectivity index (χ4v) is 2.98. The zero-order valence-corrected chi connectivity index (χ0v) is 12.7. The van der Waals surface area contributed by atoms with E-state index >= 15 is 0 Å². The van der Waals surface area contributed by atoms with E-state index in [1.54, 1.807) is 11.8 Å². The largest absolute Gasteiger partial charge is 0.340 e. The summed E-state index contributed by atoms with van der Waals surface area (Å²) in [5.41, 5.74) is 0.809. The first-order valence-corrected chi connectivity index (χ1v) is 7.91. The van der Waals surface area contributed by atoms with Crippen LogP contribution in [-0.4, -0.2) is 36.2 Å². The van der Waals surface area contributed by atoms with Gasteiger partial charge in [-0.15, -0.1) is 11.8 Å². The summed E-state index contributed by atoms with van der Waals surface area (Å²) >= 11 is 1.73. The Labute approximate surface area is 119 Å². The van der Waals surface area contributed by atoms with Gasteiger partial charge < -0.3 is 10.2 Å². The fraction of sp³-hybridized carbons (Fsp3) is 0.533. The highest BCUT2D eigenvalue weighted by Crippen LogP contribution is 2.22. The van der Waals surface area contributed by atoms with Gasteiger partial charge in [-0.05, 0) is 50.3 Å². The Balaban J connectivity index is 1.99. The minimum absolute atomic E-state index is 0.193. The third-order valence-electron chi connectivity index (χ3n) is 3.77. The van der Waals surface area contributed by atoms with Crippen molar-refractivity contribution in [3.8, 4) is 0 Å². The topological polar surface area (TPSA) is 32.3 Å². The van der Waals surface area contributed by atoms with Gasteiger partial charge in [-0.1, -0.05) is 12.1 Å². The number of thioether (sulfide) groups is 1. The highest BCUT2D eigenvalue weighted by molar-refractivity contribution is 7.98. The number of amides is 1. The first kappa shape index (κ1) is 14.4. The zero-order valence-electron chi connectivity index (χ0n) is 11.9. The number of hydrogen-bond donors (Lipinski definition) is 1. The lowest BCUT2D eigenvalue weighted by Crippen LogP contribution is -2.51. The van der Waals surface area contributed by atoms with Crippen LogP contribution < -0.4 is 5.32 Å². The van der Waals surface area contributed by atoms with Crippen molar-refractivity contribution in [2.24, 2.45) is 0 Å². The molecule has 0 radical (unpaired) electrons. The van der Waals surface area contributed by atoms with Gasteiger partial charge in [0.25, 0.3) is 0 Å². The molecule has 0 bridgehead atoms. The van der Waals surface area contributed by atoms with Gasteiger partial charge in [0.2, 0.25) is 5.91 Å². The highest BCUT2D eigenvalue weighted by Gasteiger charge is 2.37. The molecule has 1 atom stereocenters. The SMILES string of the molecule is CSc1ccc(CN(C)C(=O)C2(C)CCCN2)cc1. The molecule has 1 aromatic rings. The van der Waals surface area contributed by atoms with Crippen LogP contribution in [0.3, 0.4) is 0 Å². The molecule has 1 unspecified atom stereocenters. The number of benzene rings is 1. The van der Waals surface area contributed by atoms with Crippen molar-refractivity contribution in [3.63, 3.8) is 0 Å². The zero-order chi connectivity index (χ0) is 13.9. The number of carbonyl (C=O) groups is 1. The monoisotopic (exact) mass is 278 g/mol. The van der Waals surface area contributed by atoms with Crippen LogP contribution >= 0.6 is 11.8 Å². The predicted octanol–water partition coefficient (Wildman–Crippen LogP) is 2.51. The quantitative estimate of drug-likeness (QED) is 0.859. The van der Waals surface area contributed by atoms with E-state index in [1.165, 1.54) is 10.5 Å². The summed E-state index contributed by atoms with van der Waals surface area (Å²) in [6.45, 7) is 3.62. The second-order valence-corrected chi connectivity index (χ2v) is 6.25. The molecule has 0 spiro atoms. The Bertz CT molecular complexity index is 438. The molecule has 0 aromatic heterocycles. The predicted molar refractivity (Wildman–Crippen MR) is 80.3 cm³/mol. The molecule has 104 valence electrons. The van der Waals surface area contributed by atoms with Crippen molar-refractivity contribution in [1.82, 2.24) is 10.2 Å². The molecule has 1 N–H and O–H groups in total. The molecule has 0 aliphatic carbocycles. The second kappa shape index (κ2) is 5.97. The Morgan fingerprint density at radius 1 is 1.42 bits per heavy atom. The Morgan fingerprint density at radius 2 is 2.11 bits per heavy atom. The van der Waals surface area contributed by atoms with Crippen LogP contribution in [0.2, 0.25) is 0 Å². The molecule has 1 aliphatic heterocycles. The number of nitrogens with one attached hydrogen (secondary N) is 1. The van der Waals surface area contributed by atoms with E-state index in [0.717, 1.165) is 19.4 Å².